The maximum atomic E-state index is 13.1. The molecule has 92 valence electrons. The van der Waals surface area contributed by atoms with Gasteiger partial charge in [-0.1, -0.05) is 0 Å². The Balaban J connectivity index is 2.23. The van der Waals surface area contributed by atoms with E-state index in [2.05, 4.69) is 26.2 Å². The quantitative estimate of drug-likeness (QED) is 0.911. The topological polar surface area (TPSA) is 62.2 Å². The minimum absolute atomic E-state index is 0.0427. The third-order valence-electron chi connectivity index (χ3n) is 2.19. The fraction of sp³-hybridized carbons (Fsp3) is 0. The van der Waals surface area contributed by atoms with E-state index in [0.717, 1.165) is 0 Å². The van der Waals surface area contributed by atoms with Gasteiger partial charge in [-0.3, -0.25) is 0 Å². The summed E-state index contributed by atoms with van der Waals surface area (Å²) in [6.07, 6.45) is 1.38. The minimum Gasteiger partial charge on any atom is -0.477 e. The molecule has 0 amide bonds. The van der Waals surface area contributed by atoms with Crippen molar-refractivity contribution in [2.24, 2.45) is 0 Å². The summed E-state index contributed by atoms with van der Waals surface area (Å²) < 4.78 is 13.8. The smallest absolute Gasteiger partial charge is 0.354 e. The maximum absolute atomic E-state index is 13.1. The molecule has 2 N–H and O–H groups in total. The summed E-state index contributed by atoms with van der Waals surface area (Å²) in [5, 5.41) is 11.6. The highest BCUT2D eigenvalue weighted by Gasteiger charge is 2.05. The van der Waals surface area contributed by atoms with Gasteiger partial charge in [0, 0.05) is 4.47 Å². The molecule has 2 aromatic rings. The summed E-state index contributed by atoms with van der Waals surface area (Å²) in [7, 11) is 0. The predicted octanol–water partition coefficient (Wildman–Crippen LogP) is 3.43. The van der Waals surface area contributed by atoms with Gasteiger partial charge in [-0.15, -0.1) is 0 Å². The molecule has 0 fully saturated rings. The van der Waals surface area contributed by atoms with Gasteiger partial charge < -0.3 is 10.4 Å². The van der Waals surface area contributed by atoms with Crippen molar-refractivity contribution < 1.29 is 14.3 Å². The Morgan fingerprint density at radius 3 is 2.72 bits per heavy atom. The van der Waals surface area contributed by atoms with Crippen LogP contribution in [0.4, 0.5) is 15.8 Å². The highest BCUT2D eigenvalue weighted by molar-refractivity contribution is 9.10. The van der Waals surface area contributed by atoms with E-state index >= 15 is 0 Å². The molecule has 0 bridgehead atoms. The van der Waals surface area contributed by atoms with E-state index in [9.17, 15) is 9.18 Å². The molecule has 0 atom stereocenters. The van der Waals surface area contributed by atoms with Gasteiger partial charge in [0.05, 0.1) is 17.6 Å². The summed E-state index contributed by atoms with van der Waals surface area (Å²) >= 11 is 3.28. The average Bonchev–Trinajstić information content (AvgIpc) is 2.34. The number of nitrogens with zero attached hydrogens (tertiary/aromatic N) is 1. The molecular formula is C12H8BrFN2O2. The summed E-state index contributed by atoms with van der Waals surface area (Å²) in [6.45, 7) is 0. The fourth-order valence-electron chi connectivity index (χ4n) is 1.34. The van der Waals surface area contributed by atoms with Crippen LogP contribution in [0.15, 0.2) is 41.0 Å². The largest absolute Gasteiger partial charge is 0.477 e. The lowest BCUT2D eigenvalue weighted by atomic mass is 10.3. The maximum Gasteiger partial charge on any atom is 0.354 e. The van der Waals surface area contributed by atoms with Crippen molar-refractivity contribution >= 4 is 33.3 Å². The first-order chi connectivity index (χ1) is 8.56. The molecule has 18 heavy (non-hydrogen) atoms. The highest BCUT2D eigenvalue weighted by atomic mass is 79.9. The standard InChI is InChI=1S/C12H8BrFN2O2/c13-9-3-1-7(14)5-11(9)16-8-2-4-10(12(17)18)15-6-8/h1-6,16H,(H,17,18). The van der Waals surface area contributed by atoms with Crippen LogP contribution in [0.5, 0.6) is 0 Å². The molecule has 0 unspecified atom stereocenters. The average molecular weight is 311 g/mol. The lowest BCUT2D eigenvalue weighted by Crippen LogP contribution is -2.00. The Kier molecular flexibility index (Phi) is 3.57. The molecule has 2 rings (SSSR count). The Bertz CT molecular complexity index is 587. The number of carboxylic acid groups (broad SMARTS) is 1. The molecule has 0 saturated heterocycles. The van der Waals surface area contributed by atoms with Gasteiger partial charge in [0.1, 0.15) is 11.5 Å². The van der Waals surface area contributed by atoms with E-state index in [0.29, 0.717) is 15.8 Å². The van der Waals surface area contributed by atoms with Crippen LogP contribution in [0.1, 0.15) is 10.5 Å². The lowest BCUT2D eigenvalue weighted by Gasteiger charge is -2.08. The molecule has 4 nitrogen and oxygen atoms in total. The van der Waals surface area contributed by atoms with Crippen molar-refractivity contribution in [3.05, 3.63) is 52.5 Å². The predicted molar refractivity (Wildman–Crippen MR) is 68.6 cm³/mol. The van der Waals surface area contributed by atoms with Crippen LogP contribution in [0.2, 0.25) is 0 Å². The Morgan fingerprint density at radius 1 is 1.33 bits per heavy atom. The monoisotopic (exact) mass is 310 g/mol. The molecule has 0 aliphatic rings. The van der Waals surface area contributed by atoms with Crippen molar-refractivity contribution in [3.63, 3.8) is 0 Å². The zero-order chi connectivity index (χ0) is 13.1. The first-order valence-corrected chi connectivity index (χ1v) is 5.77. The Morgan fingerprint density at radius 2 is 2.11 bits per heavy atom. The van der Waals surface area contributed by atoms with E-state index < -0.39 is 5.97 Å². The van der Waals surface area contributed by atoms with Crippen LogP contribution in [-0.2, 0) is 0 Å². The fourth-order valence-corrected chi connectivity index (χ4v) is 1.69. The zero-order valence-electron chi connectivity index (χ0n) is 9.02. The van der Waals surface area contributed by atoms with Gasteiger partial charge in [-0.05, 0) is 46.3 Å². The zero-order valence-corrected chi connectivity index (χ0v) is 10.6. The van der Waals surface area contributed by atoms with E-state index in [1.54, 1.807) is 12.1 Å². The van der Waals surface area contributed by atoms with Crippen molar-refractivity contribution in [1.29, 1.82) is 0 Å². The molecule has 0 saturated carbocycles. The molecule has 0 aliphatic carbocycles. The number of hydrogen-bond donors (Lipinski definition) is 2. The highest BCUT2D eigenvalue weighted by Crippen LogP contribution is 2.26. The van der Waals surface area contributed by atoms with Crippen molar-refractivity contribution in [1.82, 2.24) is 4.98 Å². The number of halogens is 2. The summed E-state index contributed by atoms with van der Waals surface area (Å²) in [5.74, 6) is -1.45. The Hall–Kier alpha value is -1.95. The van der Waals surface area contributed by atoms with Crippen LogP contribution in [0.25, 0.3) is 0 Å². The van der Waals surface area contributed by atoms with Gasteiger partial charge in [-0.2, -0.15) is 0 Å². The number of anilines is 2. The normalized spacial score (nSPS) is 10.1. The van der Waals surface area contributed by atoms with E-state index in [1.807, 2.05) is 0 Å². The number of aromatic nitrogens is 1. The van der Waals surface area contributed by atoms with Crippen LogP contribution in [0.3, 0.4) is 0 Å². The summed E-state index contributed by atoms with van der Waals surface area (Å²) in [4.78, 5) is 14.4. The molecule has 0 radical (unpaired) electrons. The van der Waals surface area contributed by atoms with Gasteiger partial charge in [0.2, 0.25) is 0 Å². The van der Waals surface area contributed by atoms with Crippen molar-refractivity contribution in [2.75, 3.05) is 5.32 Å². The number of carbonyl (C=O) groups is 1. The second-order valence-electron chi connectivity index (χ2n) is 3.49. The number of aromatic carboxylic acids is 1. The molecule has 6 heteroatoms. The first-order valence-electron chi connectivity index (χ1n) is 4.97. The summed E-state index contributed by atoms with van der Waals surface area (Å²) in [5.41, 5.74) is 1.07. The number of pyridine rings is 1. The molecule has 1 aromatic heterocycles. The number of nitrogens with one attached hydrogen (secondary N) is 1. The number of hydrogen-bond acceptors (Lipinski definition) is 3. The lowest BCUT2D eigenvalue weighted by molar-refractivity contribution is 0.0690. The van der Waals surface area contributed by atoms with Gasteiger partial charge >= 0.3 is 5.97 Å². The Labute approximate surface area is 111 Å². The van der Waals surface area contributed by atoms with Crippen LogP contribution < -0.4 is 5.32 Å². The van der Waals surface area contributed by atoms with Crippen LogP contribution in [-0.4, -0.2) is 16.1 Å². The number of carboxylic acids is 1. The van der Waals surface area contributed by atoms with E-state index in [-0.39, 0.29) is 11.5 Å². The van der Waals surface area contributed by atoms with E-state index in [1.165, 1.54) is 24.4 Å². The summed E-state index contributed by atoms with van der Waals surface area (Å²) in [6, 6.07) is 7.18. The van der Waals surface area contributed by atoms with E-state index in [4.69, 9.17) is 5.11 Å². The second kappa shape index (κ2) is 5.14. The molecule has 0 spiro atoms. The second-order valence-corrected chi connectivity index (χ2v) is 4.34. The third-order valence-corrected chi connectivity index (χ3v) is 2.88. The van der Waals surface area contributed by atoms with Gasteiger partial charge in [0.15, 0.2) is 0 Å². The van der Waals surface area contributed by atoms with Crippen LogP contribution >= 0.6 is 15.9 Å². The number of benzene rings is 1. The van der Waals surface area contributed by atoms with Gasteiger partial charge in [-0.25, -0.2) is 14.2 Å². The SMILES string of the molecule is O=C(O)c1ccc(Nc2cc(F)ccc2Br)cn1. The molecular weight excluding hydrogens is 303 g/mol. The van der Waals surface area contributed by atoms with Gasteiger partial charge in [0.25, 0.3) is 0 Å². The molecule has 1 aromatic carbocycles. The third kappa shape index (κ3) is 2.84. The molecule has 0 aliphatic heterocycles. The van der Waals surface area contributed by atoms with Crippen LogP contribution in [0, 0.1) is 5.82 Å². The number of rotatable bonds is 3. The van der Waals surface area contributed by atoms with Crippen molar-refractivity contribution in [3.8, 4) is 0 Å². The molecule has 1 heterocycles. The van der Waals surface area contributed by atoms with Crippen molar-refractivity contribution in [2.45, 2.75) is 0 Å². The first kappa shape index (κ1) is 12.5. The minimum atomic E-state index is -1.09.